The molecule has 122 valence electrons. The van der Waals surface area contributed by atoms with Gasteiger partial charge >= 0.3 is 0 Å². The number of hydrogen-bond donors (Lipinski definition) is 2. The molecule has 2 rings (SSSR count). The van der Waals surface area contributed by atoms with Crippen molar-refractivity contribution in [1.29, 1.82) is 0 Å². The minimum Gasteiger partial charge on any atom is -0.399 e. The number of nitrogens with one attached hydrogen (secondary N) is 1. The summed E-state index contributed by atoms with van der Waals surface area (Å²) < 4.78 is 5.91. The SMILES string of the molecule is CCCCO[C@H]1C[C@H](NC(=O)Cc2ccc(N)cc2)C1(C)C. The van der Waals surface area contributed by atoms with Crippen LogP contribution in [0.25, 0.3) is 0 Å². The molecular formula is C18H28N2O2. The predicted octanol–water partition coefficient (Wildman–Crippen LogP) is 2.91. The Morgan fingerprint density at radius 3 is 2.64 bits per heavy atom. The molecule has 0 aromatic heterocycles. The van der Waals surface area contributed by atoms with Crippen LogP contribution in [0.5, 0.6) is 0 Å². The Hall–Kier alpha value is -1.55. The van der Waals surface area contributed by atoms with Gasteiger partial charge < -0.3 is 15.8 Å². The maximum absolute atomic E-state index is 12.2. The number of carbonyl (C=O) groups is 1. The molecule has 1 aliphatic rings. The molecule has 1 fully saturated rings. The average Bonchev–Trinajstić information content (AvgIpc) is 2.48. The third-order valence-electron chi connectivity index (χ3n) is 4.67. The first-order valence-corrected chi connectivity index (χ1v) is 8.19. The first-order chi connectivity index (χ1) is 10.4. The van der Waals surface area contributed by atoms with Crippen molar-refractivity contribution >= 4 is 11.6 Å². The third-order valence-corrected chi connectivity index (χ3v) is 4.67. The maximum Gasteiger partial charge on any atom is 0.224 e. The molecule has 0 radical (unpaired) electrons. The van der Waals surface area contributed by atoms with E-state index >= 15 is 0 Å². The highest BCUT2D eigenvalue weighted by atomic mass is 16.5. The number of amides is 1. The van der Waals surface area contributed by atoms with Crippen LogP contribution in [0.3, 0.4) is 0 Å². The Labute approximate surface area is 133 Å². The van der Waals surface area contributed by atoms with Gasteiger partial charge in [-0.1, -0.05) is 39.3 Å². The summed E-state index contributed by atoms with van der Waals surface area (Å²) in [4.78, 5) is 12.2. The molecule has 0 aliphatic heterocycles. The minimum atomic E-state index is 0.00448. The van der Waals surface area contributed by atoms with Crippen molar-refractivity contribution in [2.45, 2.75) is 58.6 Å². The maximum atomic E-state index is 12.2. The van der Waals surface area contributed by atoms with E-state index in [1.165, 1.54) is 0 Å². The van der Waals surface area contributed by atoms with E-state index in [0.717, 1.165) is 37.1 Å². The van der Waals surface area contributed by atoms with Gasteiger partial charge in [-0.3, -0.25) is 4.79 Å². The third kappa shape index (κ3) is 4.01. The van der Waals surface area contributed by atoms with Gasteiger partial charge in [0.15, 0.2) is 0 Å². The highest BCUT2D eigenvalue weighted by Crippen LogP contribution is 2.42. The topological polar surface area (TPSA) is 64.3 Å². The number of ether oxygens (including phenoxy) is 1. The lowest BCUT2D eigenvalue weighted by Crippen LogP contribution is -2.62. The highest BCUT2D eigenvalue weighted by molar-refractivity contribution is 5.79. The Morgan fingerprint density at radius 2 is 2.05 bits per heavy atom. The normalized spacial score (nSPS) is 22.9. The Balaban J connectivity index is 1.79. The van der Waals surface area contributed by atoms with Crippen molar-refractivity contribution in [3.63, 3.8) is 0 Å². The molecule has 1 aliphatic carbocycles. The average molecular weight is 304 g/mol. The molecule has 0 spiro atoms. The van der Waals surface area contributed by atoms with Crippen LogP contribution in [0.15, 0.2) is 24.3 Å². The molecule has 2 atom stereocenters. The molecule has 0 bridgehead atoms. The summed E-state index contributed by atoms with van der Waals surface area (Å²) in [5.74, 6) is 0.0647. The van der Waals surface area contributed by atoms with E-state index in [9.17, 15) is 4.79 Å². The zero-order valence-electron chi connectivity index (χ0n) is 13.9. The lowest BCUT2D eigenvalue weighted by atomic mass is 9.64. The molecule has 4 nitrogen and oxygen atoms in total. The number of unbranched alkanes of at least 4 members (excludes halogenated alkanes) is 1. The summed E-state index contributed by atoms with van der Waals surface area (Å²) in [5.41, 5.74) is 7.36. The minimum absolute atomic E-state index is 0.00448. The van der Waals surface area contributed by atoms with Crippen molar-refractivity contribution in [3.05, 3.63) is 29.8 Å². The summed E-state index contributed by atoms with van der Waals surface area (Å²) in [6.07, 6.45) is 3.80. The van der Waals surface area contributed by atoms with Crippen LogP contribution in [-0.4, -0.2) is 24.7 Å². The van der Waals surface area contributed by atoms with E-state index in [1.54, 1.807) is 0 Å². The Kier molecular flexibility index (Phi) is 5.46. The van der Waals surface area contributed by atoms with E-state index in [1.807, 2.05) is 24.3 Å². The highest BCUT2D eigenvalue weighted by Gasteiger charge is 2.49. The molecule has 1 amide bonds. The van der Waals surface area contributed by atoms with Crippen LogP contribution < -0.4 is 11.1 Å². The monoisotopic (exact) mass is 304 g/mol. The summed E-state index contributed by atoms with van der Waals surface area (Å²) in [5, 5.41) is 3.14. The smallest absolute Gasteiger partial charge is 0.224 e. The Bertz CT molecular complexity index is 496. The summed E-state index contributed by atoms with van der Waals surface area (Å²) in [6, 6.07) is 7.65. The lowest BCUT2D eigenvalue weighted by Gasteiger charge is -2.51. The van der Waals surface area contributed by atoms with E-state index in [-0.39, 0.29) is 23.5 Å². The first kappa shape index (κ1) is 16.8. The second-order valence-electron chi connectivity index (χ2n) is 6.81. The van der Waals surface area contributed by atoms with Gasteiger partial charge in [0.05, 0.1) is 12.5 Å². The largest absolute Gasteiger partial charge is 0.399 e. The fraction of sp³-hybridized carbons (Fsp3) is 0.611. The number of anilines is 1. The molecule has 3 N–H and O–H groups in total. The van der Waals surface area contributed by atoms with E-state index in [2.05, 4.69) is 26.1 Å². The molecule has 1 aromatic rings. The number of nitrogens with two attached hydrogens (primary N) is 1. The quantitative estimate of drug-likeness (QED) is 0.601. The zero-order chi connectivity index (χ0) is 16.2. The Morgan fingerprint density at radius 1 is 1.36 bits per heavy atom. The summed E-state index contributed by atoms with van der Waals surface area (Å²) >= 11 is 0. The van der Waals surface area contributed by atoms with Crippen LogP contribution in [0.1, 0.15) is 45.6 Å². The van der Waals surface area contributed by atoms with E-state index in [0.29, 0.717) is 6.42 Å². The molecule has 4 heteroatoms. The molecule has 0 heterocycles. The van der Waals surface area contributed by atoms with Crippen LogP contribution >= 0.6 is 0 Å². The van der Waals surface area contributed by atoms with Crippen molar-refractivity contribution in [3.8, 4) is 0 Å². The van der Waals surface area contributed by atoms with Gasteiger partial charge in [0.1, 0.15) is 0 Å². The van der Waals surface area contributed by atoms with E-state index in [4.69, 9.17) is 10.5 Å². The van der Waals surface area contributed by atoms with Gasteiger partial charge in [-0.2, -0.15) is 0 Å². The summed E-state index contributed by atoms with van der Waals surface area (Å²) in [7, 11) is 0. The van der Waals surface area contributed by atoms with Crippen molar-refractivity contribution in [1.82, 2.24) is 5.32 Å². The van der Waals surface area contributed by atoms with Crippen LogP contribution in [0, 0.1) is 5.41 Å². The standard InChI is InChI=1S/C18H28N2O2/c1-4-5-10-22-16-12-15(18(16,2)3)20-17(21)11-13-6-8-14(19)9-7-13/h6-9,15-16H,4-5,10-12,19H2,1-3H3,(H,20,21)/t15-,16-/m0/s1. The zero-order valence-corrected chi connectivity index (χ0v) is 13.9. The van der Waals surface area contributed by atoms with Gasteiger partial charge in [0, 0.05) is 23.8 Å². The van der Waals surface area contributed by atoms with Crippen LogP contribution in [0.4, 0.5) is 5.69 Å². The molecule has 1 saturated carbocycles. The van der Waals surface area contributed by atoms with Gasteiger partial charge in [-0.25, -0.2) is 0 Å². The molecule has 0 saturated heterocycles. The van der Waals surface area contributed by atoms with Crippen molar-refractivity contribution in [2.75, 3.05) is 12.3 Å². The van der Waals surface area contributed by atoms with Crippen molar-refractivity contribution in [2.24, 2.45) is 5.41 Å². The second-order valence-corrected chi connectivity index (χ2v) is 6.81. The number of benzene rings is 1. The fourth-order valence-electron chi connectivity index (χ4n) is 2.85. The summed E-state index contributed by atoms with van der Waals surface area (Å²) in [6.45, 7) is 7.31. The fourth-order valence-corrected chi connectivity index (χ4v) is 2.85. The lowest BCUT2D eigenvalue weighted by molar-refractivity contribution is -0.137. The van der Waals surface area contributed by atoms with Gasteiger partial charge in [0.25, 0.3) is 0 Å². The molecular weight excluding hydrogens is 276 g/mol. The predicted molar refractivity (Wildman–Crippen MR) is 89.5 cm³/mol. The number of carbonyl (C=O) groups excluding carboxylic acids is 1. The van der Waals surface area contributed by atoms with Crippen LogP contribution in [-0.2, 0) is 16.0 Å². The molecule has 0 unspecified atom stereocenters. The molecule has 1 aromatic carbocycles. The van der Waals surface area contributed by atoms with Gasteiger partial charge in [-0.15, -0.1) is 0 Å². The first-order valence-electron chi connectivity index (χ1n) is 8.19. The van der Waals surface area contributed by atoms with Crippen molar-refractivity contribution < 1.29 is 9.53 Å². The second kappa shape index (κ2) is 7.14. The number of rotatable bonds is 7. The van der Waals surface area contributed by atoms with Gasteiger partial charge in [-0.05, 0) is 30.5 Å². The molecule has 22 heavy (non-hydrogen) atoms. The van der Waals surface area contributed by atoms with Crippen LogP contribution in [0.2, 0.25) is 0 Å². The number of nitrogen functional groups attached to an aromatic ring is 1. The van der Waals surface area contributed by atoms with Gasteiger partial charge in [0.2, 0.25) is 5.91 Å². The number of hydrogen-bond acceptors (Lipinski definition) is 3. The van der Waals surface area contributed by atoms with E-state index < -0.39 is 0 Å².